The minimum Gasteiger partial charge on any atom is -0.355 e. The van der Waals surface area contributed by atoms with Crippen molar-refractivity contribution in [2.24, 2.45) is 4.99 Å². The Hall–Kier alpha value is -1.45. The summed E-state index contributed by atoms with van der Waals surface area (Å²) in [5.41, 5.74) is 2.53. The van der Waals surface area contributed by atoms with Crippen molar-refractivity contribution in [1.29, 1.82) is 0 Å². The molecule has 1 aromatic heterocycles. The summed E-state index contributed by atoms with van der Waals surface area (Å²) in [6, 6.07) is 10.4. The van der Waals surface area contributed by atoms with Crippen LogP contribution in [0.25, 0.3) is 10.9 Å². The molecule has 2 saturated heterocycles. The first-order valence-electron chi connectivity index (χ1n) is 11.4. The van der Waals surface area contributed by atoms with Crippen LogP contribution >= 0.6 is 24.0 Å². The Morgan fingerprint density at radius 1 is 1.03 bits per heavy atom. The quantitative estimate of drug-likeness (QED) is 0.349. The zero-order valence-corrected chi connectivity index (χ0v) is 21.3. The monoisotopic (exact) mass is 536 g/mol. The van der Waals surface area contributed by atoms with Crippen molar-refractivity contribution in [3.63, 3.8) is 0 Å². The second-order valence-corrected chi connectivity index (χ2v) is 8.84. The van der Waals surface area contributed by atoms with E-state index in [1.54, 1.807) is 0 Å². The maximum atomic E-state index is 4.51. The molecule has 31 heavy (non-hydrogen) atoms. The number of rotatable bonds is 5. The molecule has 0 spiro atoms. The van der Waals surface area contributed by atoms with E-state index in [9.17, 15) is 0 Å². The summed E-state index contributed by atoms with van der Waals surface area (Å²) in [6.45, 7) is 6.51. The number of para-hydroxylation sites is 1. The number of nitrogens with zero attached hydrogens (tertiary/aromatic N) is 4. The van der Waals surface area contributed by atoms with Crippen LogP contribution in [0.5, 0.6) is 0 Å². The number of aliphatic imine (C=N–C) groups is 1. The molecule has 1 aromatic carbocycles. The Labute approximate surface area is 203 Å². The highest BCUT2D eigenvalue weighted by molar-refractivity contribution is 14.0. The molecule has 2 fully saturated rings. The van der Waals surface area contributed by atoms with Crippen LogP contribution in [-0.2, 0) is 6.54 Å². The van der Waals surface area contributed by atoms with Crippen LogP contribution in [-0.4, -0.2) is 73.1 Å². The molecule has 2 aliphatic rings. The minimum atomic E-state index is 0. The maximum Gasteiger partial charge on any atom is 0.191 e. The molecular weight excluding hydrogens is 499 g/mol. The van der Waals surface area contributed by atoms with Crippen molar-refractivity contribution in [3.05, 3.63) is 42.1 Å². The number of aromatic nitrogens is 1. The van der Waals surface area contributed by atoms with E-state index in [1.165, 1.54) is 69.2 Å². The fourth-order valence-electron chi connectivity index (χ4n) is 4.96. The van der Waals surface area contributed by atoms with Crippen molar-refractivity contribution in [2.75, 3.05) is 46.8 Å². The highest BCUT2D eigenvalue weighted by Crippen LogP contribution is 2.30. The summed E-state index contributed by atoms with van der Waals surface area (Å²) in [6.07, 6.45) is 8.38. The van der Waals surface area contributed by atoms with E-state index in [1.807, 2.05) is 19.3 Å². The van der Waals surface area contributed by atoms with Gasteiger partial charge in [-0.3, -0.25) is 14.9 Å². The second kappa shape index (κ2) is 11.4. The van der Waals surface area contributed by atoms with E-state index in [0.29, 0.717) is 0 Å². The van der Waals surface area contributed by atoms with Crippen LogP contribution in [0.15, 0.2) is 41.5 Å². The van der Waals surface area contributed by atoms with Gasteiger partial charge in [0.2, 0.25) is 0 Å². The van der Waals surface area contributed by atoms with E-state index in [0.717, 1.165) is 24.6 Å². The number of piperidine rings is 2. The summed E-state index contributed by atoms with van der Waals surface area (Å²) in [4.78, 5) is 14.2. The standard InChI is InChI=1S/C24H36N6.HI/c1-25-23(27-18-20-10-13-26-22-9-5-4-8-21(20)22)28-19-24(11-16-29(2)17-12-24)30-14-6-3-7-15-30;/h4-5,8-10,13H,3,6-7,11-12,14-19H2,1-2H3,(H2,25,27,28);1H. The van der Waals surface area contributed by atoms with Crippen LogP contribution in [0.1, 0.15) is 37.7 Å². The highest BCUT2D eigenvalue weighted by Gasteiger charge is 2.39. The third-order valence-electron chi connectivity index (χ3n) is 6.94. The molecule has 6 nitrogen and oxygen atoms in total. The van der Waals surface area contributed by atoms with Gasteiger partial charge in [-0.25, -0.2) is 0 Å². The fraction of sp³-hybridized carbons (Fsp3) is 0.583. The van der Waals surface area contributed by atoms with Gasteiger partial charge in [0, 0.05) is 37.3 Å². The first kappa shape index (κ1) is 24.2. The summed E-state index contributed by atoms with van der Waals surface area (Å²) < 4.78 is 0. The number of benzene rings is 1. The van der Waals surface area contributed by atoms with Gasteiger partial charge in [-0.1, -0.05) is 24.6 Å². The molecule has 0 radical (unpaired) electrons. The van der Waals surface area contributed by atoms with Crippen molar-refractivity contribution in [3.8, 4) is 0 Å². The lowest BCUT2D eigenvalue weighted by Crippen LogP contribution is -2.62. The lowest BCUT2D eigenvalue weighted by Gasteiger charge is -2.50. The molecule has 2 N–H and O–H groups in total. The number of halogens is 1. The van der Waals surface area contributed by atoms with Gasteiger partial charge >= 0.3 is 0 Å². The second-order valence-electron chi connectivity index (χ2n) is 8.84. The number of pyridine rings is 1. The number of fused-ring (bicyclic) bond motifs is 1. The van der Waals surface area contributed by atoms with Gasteiger partial charge in [0.1, 0.15) is 0 Å². The average Bonchev–Trinajstić information content (AvgIpc) is 2.81. The zero-order chi connectivity index (χ0) is 20.8. The van der Waals surface area contributed by atoms with Gasteiger partial charge in [-0.2, -0.15) is 0 Å². The van der Waals surface area contributed by atoms with Crippen LogP contribution in [0.3, 0.4) is 0 Å². The third-order valence-corrected chi connectivity index (χ3v) is 6.94. The van der Waals surface area contributed by atoms with Crippen molar-refractivity contribution < 1.29 is 0 Å². The topological polar surface area (TPSA) is 55.8 Å². The molecule has 7 heteroatoms. The number of nitrogens with one attached hydrogen (secondary N) is 2. The lowest BCUT2D eigenvalue weighted by atomic mass is 9.84. The molecule has 0 unspecified atom stereocenters. The molecular formula is C24H37IN6. The summed E-state index contributed by atoms with van der Waals surface area (Å²) >= 11 is 0. The fourth-order valence-corrected chi connectivity index (χ4v) is 4.96. The minimum absolute atomic E-state index is 0. The van der Waals surface area contributed by atoms with E-state index in [-0.39, 0.29) is 29.5 Å². The van der Waals surface area contributed by atoms with Gasteiger partial charge in [0.05, 0.1) is 5.52 Å². The molecule has 4 rings (SSSR count). The molecule has 0 amide bonds. The molecule has 0 saturated carbocycles. The predicted octanol–water partition coefficient (Wildman–Crippen LogP) is 3.47. The molecule has 170 valence electrons. The van der Waals surface area contributed by atoms with Gasteiger partial charge in [-0.05, 0) is 76.6 Å². The molecule has 3 heterocycles. The smallest absolute Gasteiger partial charge is 0.191 e. The largest absolute Gasteiger partial charge is 0.355 e. The number of guanidine groups is 1. The average molecular weight is 537 g/mol. The van der Waals surface area contributed by atoms with Gasteiger partial charge < -0.3 is 15.5 Å². The summed E-state index contributed by atoms with van der Waals surface area (Å²) in [5, 5.41) is 8.40. The summed E-state index contributed by atoms with van der Waals surface area (Å²) in [5.74, 6) is 0.881. The Morgan fingerprint density at radius 3 is 2.52 bits per heavy atom. The number of hydrogen-bond acceptors (Lipinski definition) is 4. The van der Waals surface area contributed by atoms with E-state index in [4.69, 9.17) is 0 Å². The molecule has 0 atom stereocenters. The van der Waals surface area contributed by atoms with Crippen LogP contribution in [0.2, 0.25) is 0 Å². The van der Waals surface area contributed by atoms with Gasteiger partial charge in [0.25, 0.3) is 0 Å². The van der Waals surface area contributed by atoms with Gasteiger partial charge in [-0.15, -0.1) is 24.0 Å². The Bertz CT molecular complexity index is 851. The highest BCUT2D eigenvalue weighted by atomic mass is 127. The van der Waals surface area contributed by atoms with Gasteiger partial charge in [0.15, 0.2) is 5.96 Å². The predicted molar refractivity (Wildman–Crippen MR) is 140 cm³/mol. The third kappa shape index (κ3) is 5.87. The number of hydrogen-bond donors (Lipinski definition) is 2. The normalized spacial score (nSPS) is 20.3. The van der Waals surface area contributed by atoms with Crippen molar-refractivity contribution in [2.45, 2.75) is 44.2 Å². The van der Waals surface area contributed by atoms with E-state index in [2.05, 4.69) is 61.7 Å². The molecule has 0 bridgehead atoms. The van der Waals surface area contributed by atoms with E-state index < -0.39 is 0 Å². The molecule has 0 aliphatic carbocycles. The van der Waals surface area contributed by atoms with E-state index >= 15 is 0 Å². The number of likely N-dealkylation sites (tertiary alicyclic amines) is 2. The van der Waals surface area contributed by atoms with Crippen LogP contribution in [0, 0.1) is 0 Å². The Balaban J connectivity index is 0.00000272. The first-order chi connectivity index (χ1) is 14.7. The SMILES string of the molecule is CN=C(NCc1ccnc2ccccc12)NCC1(N2CCCCC2)CCN(C)CC1.I. The van der Waals surface area contributed by atoms with Crippen LogP contribution < -0.4 is 10.6 Å². The molecule has 2 aromatic rings. The Morgan fingerprint density at radius 2 is 1.77 bits per heavy atom. The maximum absolute atomic E-state index is 4.51. The van der Waals surface area contributed by atoms with Crippen LogP contribution in [0.4, 0.5) is 0 Å². The lowest BCUT2D eigenvalue weighted by molar-refractivity contribution is 0.0173. The molecule has 2 aliphatic heterocycles. The van der Waals surface area contributed by atoms with Crippen molar-refractivity contribution >= 4 is 40.8 Å². The van der Waals surface area contributed by atoms with Crippen molar-refractivity contribution in [1.82, 2.24) is 25.4 Å². The summed E-state index contributed by atoms with van der Waals surface area (Å²) in [7, 11) is 4.11. The first-order valence-corrected chi connectivity index (χ1v) is 11.4. The zero-order valence-electron chi connectivity index (χ0n) is 18.9. The Kier molecular flexibility index (Phi) is 8.92.